The molecule has 0 aliphatic carbocycles. The van der Waals surface area contributed by atoms with Crippen LogP contribution in [0, 0.1) is 0 Å². The summed E-state index contributed by atoms with van der Waals surface area (Å²) in [5, 5.41) is 4.38. The van der Waals surface area contributed by atoms with Crippen LogP contribution in [0.4, 0.5) is 17.3 Å². The van der Waals surface area contributed by atoms with Gasteiger partial charge in [0.2, 0.25) is 11.8 Å². The zero-order valence-electron chi connectivity index (χ0n) is 21.0. The van der Waals surface area contributed by atoms with Crippen molar-refractivity contribution in [2.75, 3.05) is 41.7 Å². The first-order valence-electron chi connectivity index (χ1n) is 12.4. The van der Waals surface area contributed by atoms with E-state index in [4.69, 9.17) is 39.5 Å². The molecule has 2 aliphatic rings. The van der Waals surface area contributed by atoms with Crippen LogP contribution < -0.4 is 15.0 Å². The van der Waals surface area contributed by atoms with Gasteiger partial charge in [-0.15, -0.1) is 0 Å². The van der Waals surface area contributed by atoms with Crippen LogP contribution in [0.25, 0.3) is 0 Å². The molecule has 0 unspecified atom stereocenters. The van der Waals surface area contributed by atoms with Gasteiger partial charge in [-0.3, -0.25) is 14.6 Å². The van der Waals surface area contributed by atoms with Gasteiger partial charge in [0.05, 0.1) is 15.7 Å². The number of likely N-dealkylation sites (tertiary alicyclic amines) is 1. The molecule has 39 heavy (non-hydrogen) atoms. The number of benzene rings is 2. The van der Waals surface area contributed by atoms with Crippen molar-refractivity contribution in [3.63, 3.8) is 0 Å². The van der Waals surface area contributed by atoms with Crippen LogP contribution in [-0.4, -0.2) is 60.6 Å². The first kappa shape index (κ1) is 27.9. The van der Waals surface area contributed by atoms with Crippen LogP contribution in [0.15, 0.2) is 42.6 Å². The summed E-state index contributed by atoms with van der Waals surface area (Å²) in [4.78, 5) is 25.1. The number of nitrogens with one attached hydrogen (secondary N) is 1. The molecule has 2 aromatic carbocycles. The predicted molar refractivity (Wildman–Crippen MR) is 153 cm³/mol. The maximum absolute atomic E-state index is 13.1. The summed E-state index contributed by atoms with van der Waals surface area (Å²) < 4.78 is 29.6. The van der Waals surface area contributed by atoms with Gasteiger partial charge in [-0.1, -0.05) is 53.9 Å². The fraction of sp³-hybridized carbons (Fsp3) is 0.346. The number of ether oxygens (including phenoxy) is 1. The Bertz CT molecular complexity index is 1490. The molecule has 0 bridgehead atoms. The zero-order valence-corrected chi connectivity index (χ0v) is 24.1. The van der Waals surface area contributed by atoms with E-state index in [-0.39, 0.29) is 47.6 Å². The number of para-hydroxylation sites is 1. The second kappa shape index (κ2) is 11.5. The maximum atomic E-state index is 13.1. The number of halogens is 3. The molecule has 1 fully saturated rings. The first-order valence-corrected chi connectivity index (χ1v) is 15.4. The predicted octanol–water partition coefficient (Wildman–Crippen LogP) is 5.75. The summed E-state index contributed by atoms with van der Waals surface area (Å²) in [7, 11) is -3.03. The van der Waals surface area contributed by atoms with Crippen molar-refractivity contribution in [2.45, 2.75) is 25.7 Å². The lowest BCUT2D eigenvalue weighted by molar-refractivity contribution is 0.0932. The topological polar surface area (TPSA) is 105 Å². The van der Waals surface area contributed by atoms with Gasteiger partial charge in [0, 0.05) is 22.7 Å². The molecule has 206 valence electrons. The van der Waals surface area contributed by atoms with Crippen molar-refractivity contribution in [3.05, 3.63) is 68.8 Å². The molecule has 3 heterocycles. The van der Waals surface area contributed by atoms with Crippen LogP contribution in [0.2, 0.25) is 15.1 Å². The third-order valence-electron chi connectivity index (χ3n) is 6.87. The number of carbonyl (C=O) groups is 1. The van der Waals surface area contributed by atoms with E-state index in [0.717, 1.165) is 18.4 Å². The van der Waals surface area contributed by atoms with E-state index in [1.807, 2.05) is 17.0 Å². The van der Waals surface area contributed by atoms with Gasteiger partial charge in [0.1, 0.15) is 11.4 Å². The second-order valence-electron chi connectivity index (χ2n) is 9.40. The number of sulfone groups is 1. The SMILES string of the molecule is CCS(=O)(=O)CN1CCC(c2ccc(Nc3ncc4c(n3)OCN(c3c(Cl)cccc3Cl)C4=O)cc2Cl)CC1. The van der Waals surface area contributed by atoms with E-state index in [0.29, 0.717) is 39.5 Å². The molecule has 3 aromatic rings. The van der Waals surface area contributed by atoms with Crippen molar-refractivity contribution in [2.24, 2.45) is 0 Å². The second-order valence-corrected chi connectivity index (χ2v) is 12.9. The van der Waals surface area contributed by atoms with Crippen LogP contribution in [0.3, 0.4) is 0 Å². The molecule has 1 amide bonds. The highest BCUT2D eigenvalue weighted by molar-refractivity contribution is 7.91. The third kappa shape index (κ3) is 6.10. The Labute approximate surface area is 242 Å². The van der Waals surface area contributed by atoms with Gasteiger partial charge in [0.15, 0.2) is 16.6 Å². The van der Waals surface area contributed by atoms with Gasteiger partial charge >= 0.3 is 0 Å². The van der Waals surface area contributed by atoms with Crippen LogP contribution >= 0.6 is 34.8 Å². The van der Waals surface area contributed by atoms with Crippen LogP contribution in [0.1, 0.15) is 41.6 Å². The van der Waals surface area contributed by atoms with Crippen molar-refractivity contribution in [3.8, 4) is 5.88 Å². The van der Waals surface area contributed by atoms with E-state index < -0.39 is 9.84 Å². The van der Waals surface area contributed by atoms with Crippen molar-refractivity contribution < 1.29 is 17.9 Å². The van der Waals surface area contributed by atoms with Gasteiger partial charge in [-0.2, -0.15) is 4.98 Å². The summed E-state index contributed by atoms with van der Waals surface area (Å²) >= 11 is 19.2. The number of amides is 1. The van der Waals surface area contributed by atoms with Crippen molar-refractivity contribution in [1.29, 1.82) is 0 Å². The summed E-state index contributed by atoms with van der Waals surface area (Å²) in [5.74, 6) is 0.537. The zero-order chi connectivity index (χ0) is 27.7. The molecular formula is C26H26Cl3N5O4S. The molecular weight excluding hydrogens is 585 g/mol. The van der Waals surface area contributed by atoms with E-state index >= 15 is 0 Å². The Balaban J connectivity index is 1.25. The molecule has 0 saturated carbocycles. The molecule has 5 rings (SSSR count). The number of hydrogen-bond acceptors (Lipinski definition) is 8. The average molecular weight is 611 g/mol. The summed E-state index contributed by atoms with van der Waals surface area (Å²) in [5.41, 5.74) is 2.26. The fourth-order valence-corrected chi connectivity index (χ4v) is 6.67. The lowest BCUT2D eigenvalue weighted by Gasteiger charge is -2.32. The van der Waals surface area contributed by atoms with E-state index in [9.17, 15) is 13.2 Å². The van der Waals surface area contributed by atoms with Crippen LogP contribution in [-0.2, 0) is 9.84 Å². The minimum atomic E-state index is -3.03. The number of aromatic nitrogens is 2. The highest BCUT2D eigenvalue weighted by Gasteiger charge is 2.31. The van der Waals surface area contributed by atoms with Gasteiger partial charge in [0.25, 0.3) is 5.91 Å². The van der Waals surface area contributed by atoms with Crippen molar-refractivity contribution in [1.82, 2.24) is 14.9 Å². The molecule has 2 aliphatic heterocycles. The van der Waals surface area contributed by atoms with Gasteiger partial charge < -0.3 is 10.1 Å². The number of rotatable bonds is 7. The monoisotopic (exact) mass is 609 g/mol. The molecule has 0 radical (unpaired) electrons. The number of hydrogen-bond donors (Lipinski definition) is 1. The van der Waals surface area contributed by atoms with Gasteiger partial charge in [-0.25, -0.2) is 13.4 Å². The Morgan fingerprint density at radius 3 is 2.46 bits per heavy atom. The lowest BCUT2D eigenvalue weighted by atomic mass is 9.89. The smallest absolute Gasteiger partial charge is 0.268 e. The van der Waals surface area contributed by atoms with E-state index in [2.05, 4.69) is 15.3 Å². The fourth-order valence-electron chi connectivity index (χ4n) is 4.73. The molecule has 0 spiro atoms. The standard InChI is InChI=1S/C26H26Cl3N5O4S/c1-2-39(36,37)15-33-10-8-16(9-11-33)18-7-6-17(12-22(18)29)31-26-30-13-19-24(32-26)38-14-34(25(19)35)23-20(27)4-3-5-21(23)28/h3-7,12-13,16H,2,8-11,14-15H2,1H3,(H,30,31,32). The number of carbonyl (C=O) groups excluding carboxylic acids is 1. The van der Waals surface area contributed by atoms with Crippen LogP contribution in [0.5, 0.6) is 5.88 Å². The molecule has 13 heteroatoms. The summed E-state index contributed by atoms with van der Waals surface area (Å²) in [6.07, 6.45) is 3.06. The largest absolute Gasteiger partial charge is 0.455 e. The maximum Gasteiger partial charge on any atom is 0.268 e. The third-order valence-corrected chi connectivity index (χ3v) is 9.45. The van der Waals surface area contributed by atoms with Crippen molar-refractivity contribution >= 4 is 67.9 Å². The minimum Gasteiger partial charge on any atom is -0.455 e. The van der Waals surface area contributed by atoms with E-state index in [1.165, 1.54) is 11.1 Å². The highest BCUT2D eigenvalue weighted by Crippen LogP contribution is 2.38. The molecule has 1 saturated heterocycles. The summed E-state index contributed by atoms with van der Waals surface area (Å²) in [6, 6.07) is 10.7. The summed E-state index contributed by atoms with van der Waals surface area (Å²) in [6.45, 7) is 2.99. The Kier molecular flexibility index (Phi) is 8.21. The quantitative estimate of drug-likeness (QED) is 0.361. The number of piperidine rings is 1. The Morgan fingerprint density at radius 2 is 1.79 bits per heavy atom. The number of nitrogens with zero attached hydrogens (tertiary/aromatic N) is 4. The first-order chi connectivity index (χ1) is 18.6. The van der Waals surface area contributed by atoms with E-state index in [1.54, 1.807) is 31.2 Å². The Hall–Kier alpha value is -2.63. The molecule has 0 atom stereocenters. The number of anilines is 3. The lowest BCUT2D eigenvalue weighted by Crippen LogP contribution is -2.39. The molecule has 9 nitrogen and oxygen atoms in total. The van der Waals surface area contributed by atoms with Gasteiger partial charge in [-0.05, 0) is 61.7 Å². The normalized spacial score (nSPS) is 16.6. The number of fused-ring (bicyclic) bond motifs is 1. The highest BCUT2D eigenvalue weighted by atomic mass is 35.5. The minimum absolute atomic E-state index is 0.102. The molecule has 1 N–H and O–H groups in total. The Morgan fingerprint density at radius 1 is 1.08 bits per heavy atom. The average Bonchev–Trinajstić information content (AvgIpc) is 2.90. The molecule has 1 aromatic heterocycles.